The molecule has 1 aromatic heterocycles. The molecule has 0 bridgehead atoms. The van der Waals surface area contributed by atoms with E-state index >= 15 is 0 Å². The van der Waals surface area contributed by atoms with E-state index < -0.39 is 0 Å². The molecule has 0 fully saturated rings. The Morgan fingerprint density at radius 1 is 1.43 bits per heavy atom. The molecule has 0 atom stereocenters. The van der Waals surface area contributed by atoms with Crippen LogP contribution in [-0.4, -0.2) is 30.5 Å². The summed E-state index contributed by atoms with van der Waals surface area (Å²) in [4.78, 5) is 17.3. The number of amides is 1. The highest BCUT2D eigenvalue weighted by molar-refractivity contribution is 7.11. The molecule has 7 heteroatoms. The fourth-order valence-corrected chi connectivity index (χ4v) is 2.96. The summed E-state index contributed by atoms with van der Waals surface area (Å²) in [6.45, 7) is 8.77. The van der Waals surface area contributed by atoms with Crippen molar-refractivity contribution in [2.24, 2.45) is 0 Å². The monoisotopic (exact) mass is 351 g/mol. The SMILES string of the molecule is CC(C)(C)c1ncsc1C(=O)NCC1=CCNCC1.Cl.Cl. The van der Waals surface area contributed by atoms with Crippen LogP contribution in [0.25, 0.3) is 0 Å². The Bertz CT molecular complexity index is 495. The van der Waals surface area contributed by atoms with Gasteiger partial charge in [0.25, 0.3) is 5.91 Å². The minimum absolute atomic E-state index is 0. The first-order valence-corrected chi connectivity index (χ1v) is 7.47. The first-order chi connectivity index (χ1) is 8.98. The number of nitrogens with one attached hydrogen (secondary N) is 2. The molecule has 0 radical (unpaired) electrons. The van der Waals surface area contributed by atoms with Gasteiger partial charge in [0, 0.05) is 18.5 Å². The number of carbonyl (C=O) groups is 1. The van der Waals surface area contributed by atoms with Crippen LogP contribution in [0.5, 0.6) is 0 Å². The standard InChI is InChI=1S/C14H21N3OS.2ClH/c1-14(2,3)12-11(19-9-17-12)13(18)16-8-10-4-6-15-7-5-10;;/h4,9,15H,5-8H2,1-3H3,(H,16,18);2*1H. The van der Waals surface area contributed by atoms with E-state index in [-0.39, 0.29) is 36.1 Å². The average Bonchev–Trinajstić information content (AvgIpc) is 2.86. The van der Waals surface area contributed by atoms with Crippen molar-refractivity contribution in [3.63, 3.8) is 0 Å². The molecule has 2 N–H and O–H groups in total. The Labute approximate surface area is 142 Å². The molecule has 1 aliphatic rings. The number of carbonyl (C=O) groups excluding carboxylic acids is 1. The Kier molecular flexibility index (Phi) is 8.48. The van der Waals surface area contributed by atoms with Crippen molar-refractivity contribution in [3.8, 4) is 0 Å². The van der Waals surface area contributed by atoms with E-state index in [9.17, 15) is 4.79 Å². The highest BCUT2D eigenvalue weighted by atomic mass is 35.5. The summed E-state index contributed by atoms with van der Waals surface area (Å²) in [6.07, 6.45) is 3.16. The lowest BCUT2D eigenvalue weighted by Crippen LogP contribution is -2.30. The van der Waals surface area contributed by atoms with Gasteiger partial charge >= 0.3 is 0 Å². The molecule has 0 aliphatic carbocycles. The maximum atomic E-state index is 12.2. The van der Waals surface area contributed by atoms with Crippen LogP contribution >= 0.6 is 36.2 Å². The number of hydrogen-bond acceptors (Lipinski definition) is 4. The molecule has 2 rings (SSSR count). The Hall–Kier alpha value is -0.620. The first kappa shape index (κ1) is 20.4. The first-order valence-electron chi connectivity index (χ1n) is 6.59. The average molecular weight is 352 g/mol. The zero-order valence-corrected chi connectivity index (χ0v) is 15.0. The van der Waals surface area contributed by atoms with E-state index in [1.54, 1.807) is 5.51 Å². The largest absolute Gasteiger partial charge is 0.348 e. The van der Waals surface area contributed by atoms with E-state index in [2.05, 4.69) is 42.5 Å². The maximum Gasteiger partial charge on any atom is 0.263 e. The molecule has 2 heterocycles. The molecule has 0 saturated carbocycles. The molecule has 1 aliphatic heterocycles. The number of aromatic nitrogens is 1. The highest BCUT2D eigenvalue weighted by Gasteiger charge is 2.24. The smallest absolute Gasteiger partial charge is 0.263 e. The van der Waals surface area contributed by atoms with Gasteiger partial charge in [0.15, 0.2) is 0 Å². The van der Waals surface area contributed by atoms with Crippen LogP contribution in [0.4, 0.5) is 0 Å². The van der Waals surface area contributed by atoms with Gasteiger partial charge in [0.05, 0.1) is 11.2 Å². The number of thiazole rings is 1. The zero-order valence-electron chi connectivity index (χ0n) is 12.6. The van der Waals surface area contributed by atoms with Gasteiger partial charge in [-0.15, -0.1) is 36.2 Å². The Morgan fingerprint density at radius 3 is 2.71 bits per heavy atom. The second-order valence-electron chi connectivity index (χ2n) is 5.78. The Morgan fingerprint density at radius 2 is 2.14 bits per heavy atom. The summed E-state index contributed by atoms with van der Waals surface area (Å²) < 4.78 is 0. The summed E-state index contributed by atoms with van der Waals surface area (Å²) in [5.41, 5.74) is 3.84. The number of hydrogen-bond donors (Lipinski definition) is 2. The van der Waals surface area contributed by atoms with Crippen LogP contribution in [0.3, 0.4) is 0 Å². The third-order valence-electron chi connectivity index (χ3n) is 3.12. The van der Waals surface area contributed by atoms with Gasteiger partial charge in [-0.25, -0.2) is 4.98 Å². The molecule has 120 valence electrons. The summed E-state index contributed by atoms with van der Waals surface area (Å²) in [6, 6.07) is 0. The van der Waals surface area contributed by atoms with Crippen molar-refractivity contribution in [3.05, 3.63) is 27.7 Å². The number of rotatable bonds is 3. The van der Waals surface area contributed by atoms with E-state index in [1.165, 1.54) is 16.9 Å². The fraction of sp³-hybridized carbons (Fsp3) is 0.571. The van der Waals surface area contributed by atoms with Gasteiger partial charge in [0.2, 0.25) is 0 Å². The predicted molar refractivity (Wildman–Crippen MR) is 93.2 cm³/mol. The molecular weight excluding hydrogens is 329 g/mol. The van der Waals surface area contributed by atoms with Gasteiger partial charge in [-0.3, -0.25) is 4.79 Å². The summed E-state index contributed by atoms with van der Waals surface area (Å²) in [5, 5.41) is 6.26. The molecule has 1 aromatic rings. The number of nitrogens with zero attached hydrogens (tertiary/aromatic N) is 1. The van der Waals surface area contributed by atoms with Crippen LogP contribution in [0.15, 0.2) is 17.2 Å². The van der Waals surface area contributed by atoms with E-state index in [4.69, 9.17) is 0 Å². The van der Waals surface area contributed by atoms with Crippen LogP contribution in [-0.2, 0) is 5.41 Å². The van der Waals surface area contributed by atoms with Gasteiger partial charge in [-0.05, 0) is 13.0 Å². The van der Waals surface area contributed by atoms with Gasteiger partial charge in [-0.2, -0.15) is 0 Å². The minimum atomic E-state index is -0.0965. The number of halogens is 2. The van der Waals surface area contributed by atoms with E-state index in [0.29, 0.717) is 6.54 Å². The molecular formula is C14H23Cl2N3OS. The molecule has 0 aromatic carbocycles. The molecule has 4 nitrogen and oxygen atoms in total. The van der Waals surface area contributed by atoms with Crippen molar-refractivity contribution >= 4 is 42.1 Å². The maximum absolute atomic E-state index is 12.2. The van der Waals surface area contributed by atoms with Crippen molar-refractivity contribution in [2.75, 3.05) is 19.6 Å². The normalized spacial score (nSPS) is 14.5. The van der Waals surface area contributed by atoms with E-state index in [0.717, 1.165) is 30.1 Å². The van der Waals surface area contributed by atoms with Crippen LogP contribution in [0.2, 0.25) is 0 Å². The van der Waals surface area contributed by atoms with Crippen LogP contribution < -0.4 is 10.6 Å². The van der Waals surface area contributed by atoms with Gasteiger partial charge < -0.3 is 10.6 Å². The summed E-state index contributed by atoms with van der Waals surface area (Å²) >= 11 is 1.42. The predicted octanol–water partition coefficient (Wildman–Crippen LogP) is 2.93. The third kappa shape index (κ3) is 5.58. The van der Waals surface area contributed by atoms with Crippen molar-refractivity contribution in [2.45, 2.75) is 32.6 Å². The molecule has 0 unspecified atom stereocenters. The van der Waals surface area contributed by atoms with Crippen molar-refractivity contribution < 1.29 is 4.79 Å². The van der Waals surface area contributed by atoms with Gasteiger partial charge in [-0.1, -0.05) is 32.4 Å². The lowest BCUT2D eigenvalue weighted by molar-refractivity contribution is 0.0958. The topological polar surface area (TPSA) is 54.0 Å². The second-order valence-corrected chi connectivity index (χ2v) is 6.63. The quantitative estimate of drug-likeness (QED) is 0.823. The van der Waals surface area contributed by atoms with Crippen molar-refractivity contribution in [1.29, 1.82) is 0 Å². The van der Waals surface area contributed by atoms with Crippen molar-refractivity contribution in [1.82, 2.24) is 15.6 Å². The van der Waals surface area contributed by atoms with E-state index in [1.807, 2.05) is 0 Å². The zero-order chi connectivity index (χ0) is 13.9. The fourth-order valence-electron chi connectivity index (χ4n) is 2.05. The van der Waals surface area contributed by atoms with Crippen LogP contribution in [0, 0.1) is 0 Å². The third-order valence-corrected chi connectivity index (χ3v) is 3.94. The molecule has 1 amide bonds. The molecule has 21 heavy (non-hydrogen) atoms. The lowest BCUT2D eigenvalue weighted by Gasteiger charge is -2.18. The highest BCUT2D eigenvalue weighted by Crippen LogP contribution is 2.26. The molecule has 0 spiro atoms. The second kappa shape index (κ2) is 8.73. The Balaban J connectivity index is 0.00000200. The minimum Gasteiger partial charge on any atom is -0.348 e. The summed E-state index contributed by atoms with van der Waals surface area (Å²) in [5.74, 6) is -0.00754. The molecule has 0 saturated heterocycles. The summed E-state index contributed by atoms with van der Waals surface area (Å²) in [7, 11) is 0. The van der Waals surface area contributed by atoms with Gasteiger partial charge in [0.1, 0.15) is 4.88 Å². The van der Waals surface area contributed by atoms with Crippen LogP contribution in [0.1, 0.15) is 42.6 Å². The lowest BCUT2D eigenvalue weighted by atomic mass is 9.91.